The predicted octanol–water partition coefficient (Wildman–Crippen LogP) is 6.26. The number of benzene rings is 3. The van der Waals surface area contributed by atoms with Crippen LogP contribution < -0.4 is 9.21 Å². The molecule has 1 aliphatic rings. The first-order valence-electron chi connectivity index (χ1n) is 13.6. The largest absolute Gasteiger partial charge is 0.379 e. The number of sulfonamides is 1. The summed E-state index contributed by atoms with van der Waals surface area (Å²) in [5, 5.41) is 1.23. The van der Waals surface area contributed by atoms with Crippen LogP contribution >= 0.6 is 35.3 Å². The van der Waals surface area contributed by atoms with Gasteiger partial charge in [-0.25, -0.2) is 13.4 Å². The zero-order chi connectivity index (χ0) is 29.0. The molecule has 5 rings (SSSR count). The molecule has 1 saturated heterocycles. The van der Waals surface area contributed by atoms with E-state index < -0.39 is 10.0 Å². The maximum Gasteiger partial charge on any atom is 0.264 e. The number of halogens is 2. The maximum atomic E-state index is 13.9. The van der Waals surface area contributed by atoms with Crippen LogP contribution in [0.5, 0.6) is 0 Å². The Balaban J connectivity index is 0.00000405. The summed E-state index contributed by atoms with van der Waals surface area (Å²) >= 11 is 7.79. The molecule has 0 atom stereocenters. The van der Waals surface area contributed by atoms with E-state index in [0.717, 1.165) is 55.0 Å². The molecule has 8 nitrogen and oxygen atoms in total. The number of amides is 1. The summed E-state index contributed by atoms with van der Waals surface area (Å²) in [4.78, 5) is 22.9. The van der Waals surface area contributed by atoms with E-state index in [1.807, 2.05) is 25.1 Å². The molecule has 1 amide bonds. The summed E-state index contributed by atoms with van der Waals surface area (Å²) in [5.41, 5.74) is 2.64. The highest BCUT2D eigenvalue weighted by molar-refractivity contribution is 7.92. The minimum Gasteiger partial charge on any atom is -0.379 e. The van der Waals surface area contributed by atoms with E-state index in [4.69, 9.17) is 21.3 Å². The Bertz CT molecular complexity index is 1610. The summed E-state index contributed by atoms with van der Waals surface area (Å²) in [7, 11) is -3.80. The topological polar surface area (TPSA) is 83.1 Å². The van der Waals surface area contributed by atoms with Gasteiger partial charge in [-0.3, -0.25) is 18.9 Å². The Labute approximate surface area is 262 Å². The number of hydrogen-bond acceptors (Lipinski definition) is 7. The highest BCUT2D eigenvalue weighted by atomic mass is 35.5. The number of hydrogen-bond donors (Lipinski definition) is 0. The number of carbonyl (C=O) groups is 1. The number of morpholine rings is 1. The number of nitrogens with zero attached hydrogens (tertiary/aromatic N) is 4. The number of ether oxygens (including phenoxy) is 1. The zero-order valence-electron chi connectivity index (χ0n) is 23.5. The molecule has 0 unspecified atom stereocenters. The molecule has 2 heterocycles. The number of rotatable bonds is 10. The van der Waals surface area contributed by atoms with E-state index >= 15 is 0 Å². The van der Waals surface area contributed by atoms with Gasteiger partial charge in [0.15, 0.2) is 5.13 Å². The van der Waals surface area contributed by atoms with E-state index in [2.05, 4.69) is 4.90 Å². The number of thiazole rings is 1. The van der Waals surface area contributed by atoms with Crippen molar-refractivity contribution in [1.82, 2.24) is 9.88 Å². The van der Waals surface area contributed by atoms with Gasteiger partial charge in [-0.05, 0) is 74.4 Å². The fourth-order valence-electron chi connectivity index (χ4n) is 4.90. The van der Waals surface area contributed by atoms with Crippen molar-refractivity contribution in [1.29, 1.82) is 0 Å². The summed E-state index contributed by atoms with van der Waals surface area (Å²) in [5.74, 6) is -0.228. The molecule has 0 spiro atoms. The molecule has 0 N–H and O–H groups in total. The van der Waals surface area contributed by atoms with Crippen LogP contribution in [0.4, 0.5) is 10.8 Å². The molecule has 1 fully saturated rings. The number of aryl methyl sites for hydroxylation is 1. The molecule has 224 valence electrons. The normalized spacial score (nSPS) is 14.0. The van der Waals surface area contributed by atoms with Gasteiger partial charge in [-0.15, -0.1) is 12.4 Å². The van der Waals surface area contributed by atoms with Gasteiger partial charge in [0.05, 0.1) is 34.0 Å². The fourth-order valence-corrected chi connectivity index (χ4v) is 7.58. The first-order valence-corrected chi connectivity index (χ1v) is 16.3. The van der Waals surface area contributed by atoms with Gasteiger partial charge in [0.2, 0.25) is 0 Å². The van der Waals surface area contributed by atoms with Crippen LogP contribution in [0.2, 0.25) is 5.02 Å². The molecule has 3 aromatic carbocycles. The van der Waals surface area contributed by atoms with Gasteiger partial charge in [-0.1, -0.05) is 41.1 Å². The Morgan fingerprint density at radius 3 is 2.40 bits per heavy atom. The maximum absolute atomic E-state index is 13.9. The third kappa shape index (κ3) is 6.90. The zero-order valence-corrected chi connectivity index (χ0v) is 26.7. The van der Waals surface area contributed by atoms with E-state index in [-0.39, 0.29) is 29.8 Å². The summed E-state index contributed by atoms with van der Waals surface area (Å²) in [6.45, 7) is 8.50. The van der Waals surface area contributed by atoms with Crippen molar-refractivity contribution in [3.05, 3.63) is 82.9 Å². The molecule has 1 aromatic heterocycles. The molecule has 0 radical (unpaired) electrons. The molecule has 42 heavy (non-hydrogen) atoms. The molecule has 1 aliphatic heterocycles. The number of aromatic nitrogens is 1. The van der Waals surface area contributed by atoms with Gasteiger partial charge in [0.1, 0.15) is 0 Å². The Morgan fingerprint density at radius 2 is 1.74 bits per heavy atom. The van der Waals surface area contributed by atoms with Crippen LogP contribution in [-0.4, -0.2) is 70.1 Å². The Morgan fingerprint density at radius 1 is 1.05 bits per heavy atom. The van der Waals surface area contributed by atoms with Crippen molar-refractivity contribution in [2.75, 3.05) is 55.1 Å². The molecule has 0 saturated carbocycles. The Hall–Kier alpha value is -2.73. The van der Waals surface area contributed by atoms with Crippen molar-refractivity contribution in [2.45, 2.75) is 25.2 Å². The van der Waals surface area contributed by atoms with Gasteiger partial charge in [0, 0.05) is 43.3 Å². The van der Waals surface area contributed by atoms with Gasteiger partial charge >= 0.3 is 0 Å². The Kier molecular flexibility index (Phi) is 10.9. The number of para-hydroxylation sites is 1. The van der Waals surface area contributed by atoms with Crippen molar-refractivity contribution < 1.29 is 17.9 Å². The lowest BCUT2D eigenvalue weighted by Crippen LogP contribution is -2.39. The highest BCUT2D eigenvalue weighted by Gasteiger charge is 2.26. The molecule has 0 aliphatic carbocycles. The monoisotopic (exact) mass is 648 g/mol. The van der Waals surface area contributed by atoms with Gasteiger partial charge in [-0.2, -0.15) is 0 Å². The first kappa shape index (κ1) is 32.2. The standard InChI is InChI=1S/C30H33ClN4O4S2.ClH/c1-3-35(24-8-5-4-6-9-24)41(37,38)25-12-10-23(11-13-25)29(36)34(17-7-16-33-18-20-39-21-19-33)30-32-28-22(2)26(31)14-15-27(28)40-30;/h4-6,8-15H,3,7,16-21H2,1-2H3;1H. The average Bonchev–Trinajstić information content (AvgIpc) is 3.43. The van der Waals surface area contributed by atoms with Crippen LogP contribution in [-0.2, 0) is 14.8 Å². The third-order valence-corrected chi connectivity index (χ3v) is 10.6. The van der Waals surface area contributed by atoms with E-state index in [0.29, 0.717) is 27.9 Å². The lowest BCUT2D eigenvalue weighted by molar-refractivity contribution is 0.0376. The lowest BCUT2D eigenvalue weighted by atomic mass is 10.2. The average molecular weight is 650 g/mol. The van der Waals surface area contributed by atoms with Crippen LogP contribution in [0.1, 0.15) is 29.3 Å². The van der Waals surface area contributed by atoms with Crippen LogP contribution in [0.25, 0.3) is 10.2 Å². The van der Waals surface area contributed by atoms with Gasteiger partial charge < -0.3 is 4.74 Å². The summed E-state index contributed by atoms with van der Waals surface area (Å²) in [6, 6.07) is 18.9. The molecule has 0 bridgehead atoms. The van der Waals surface area contributed by atoms with Crippen LogP contribution in [0.15, 0.2) is 71.6 Å². The fraction of sp³-hybridized carbons (Fsp3) is 0.333. The number of fused-ring (bicyclic) bond motifs is 1. The van der Waals surface area contributed by atoms with Crippen molar-refractivity contribution in [3.8, 4) is 0 Å². The predicted molar refractivity (Wildman–Crippen MR) is 173 cm³/mol. The summed E-state index contributed by atoms with van der Waals surface area (Å²) in [6.07, 6.45) is 0.760. The molecule has 4 aromatic rings. The van der Waals surface area contributed by atoms with E-state index in [9.17, 15) is 13.2 Å². The highest BCUT2D eigenvalue weighted by Crippen LogP contribution is 2.34. The van der Waals surface area contributed by atoms with E-state index in [1.165, 1.54) is 27.8 Å². The summed E-state index contributed by atoms with van der Waals surface area (Å²) < 4.78 is 34.7. The van der Waals surface area contributed by atoms with Crippen LogP contribution in [0.3, 0.4) is 0 Å². The third-order valence-electron chi connectivity index (χ3n) is 7.19. The minimum atomic E-state index is -3.80. The molecule has 12 heteroatoms. The number of carbonyl (C=O) groups excluding carboxylic acids is 1. The second-order valence-electron chi connectivity index (χ2n) is 9.81. The van der Waals surface area contributed by atoms with Crippen molar-refractivity contribution in [2.24, 2.45) is 0 Å². The van der Waals surface area contributed by atoms with Crippen molar-refractivity contribution >= 4 is 72.3 Å². The second kappa shape index (κ2) is 14.2. The minimum absolute atomic E-state index is 0. The SMILES string of the molecule is CCN(c1ccccc1)S(=O)(=O)c1ccc(C(=O)N(CCCN2CCOCC2)c2nc3c(C)c(Cl)ccc3s2)cc1.Cl. The molecular formula is C30H34Cl2N4O4S2. The quantitative estimate of drug-likeness (QED) is 0.202. The first-order chi connectivity index (χ1) is 19.8. The van der Waals surface area contributed by atoms with Gasteiger partial charge in [0.25, 0.3) is 15.9 Å². The lowest BCUT2D eigenvalue weighted by Gasteiger charge is -2.27. The molecular weight excluding hydrogens is 615 g/mol. The van der Waals surface area contributed by atoms with E-state index in [1.54, 1.807) is 48.2 Å². The van der Waals surface area contributed by atoms with Crippen molar-refractivity contribution in [3.63, 3.8) is 0 Å². The number of anilines is 2. The second-order valence-corrected chi connectivity index (χ2v) is 13.1. The smallest absolute Gasteiger partial charge is 0.264 e. The van der Waals surface area contributed by atoms with Crippen LogP contribution in [0, 0.1) is 6.92 Å².